The molecule has 0 radical (unpaired) electrons. The fraction of sp³-hybridized carbons (Fsp3) is 0.267. The zero-order chi connectivity index (χ0) is 12.1. The summed E-state index contributed by atoms with van der Waals surface area (Å²) in [5.74, 6) is 0. The number of hydrogen-bond donors (Lipinski definition) is 1. The topological polar surface area (TPSA) is 33.1 Å². The van der Waals surface area contributed by atoms with Crippen LogP contribution in [0.3, 0.4) is 0 Å². The van der Waals surface area contributed by atoms with Gasteiger partial charge in [-0.05, 0) is 42.5 Å². The summed E-state index contributed by atoms with van der Waals surface area (Å²) >= 11 is 0. The molecule has 1 aromatic heterocycles. The third-order valence-corrected chi connectivity index (χ3v) is 3.04. The summed E-state index contributed by atoms with van der Waals surface area (Å²) in [4.78, 5) is 4.22. The molecule has 1 heterocycles. The highest BCUT2D eigenvalue weighted by Crippen LogP contribution is 2.15. The number of aromatic nitrogens is 1. The summed E-state index contributed by atoms with van der Waals surface area (Å²) in [5, 5.41) is 9.28. The molecule has 2 heteroatoms. The van der Waals surface area contributed by atoms with E-state index in [0.717, 1.165) is 18.5 Å². The lowest BCUT2D eigenvalue weighted by Gasteiger charge is -2.09. The predicted molar refractivity (Wildman–Crippen MR) is 68.7 cm³/mol. The van der Waals surface area contributed by atoms with Crippen molar-refractivity contribution < 1.29 is 5.11 Å². The van der Waals surface area contributed by atoms with Crippen LogP contribution in [0.2, 0.25) is 0 Å². The smallest absolute Gasteiger partial charge is 0.0855 e. The van der Waals surface area contributed by atoms with Gasteiger partial charge in [0, 0.05) is 6.20 Å². The molecule has 0 aliphatic carbocycles. The summed E-state index contributed by atoms with van der Waals surface area (Å²) in [7, 11) is 0. The van der Waals surface area contributed by atoms with Gasteiger partial charge in [-0.3, -0.25) is 4.98 Å². The van der Waals surface area contributed by atoms with Gasteiger partial charge in [0.25, 0.3) is 0 Å². The molecule has 1 aromatic carbocycles. The van der Waals surface area contributed by atoms with Crippen LogP contribution in [0.25, 0.3) is 0 Å². The molecule has 2 aromatic rings. The van der Waals surface area contributed by atoms with E-state index in [-0.39, 0.29) is 6.61 Å². The van der Waals surface area contributed by atoms with Crippen molar-refractivity contribution in [1.29, 1.82) is 0 Å². The van der Waals surface area contributed by atoms with E-state index in [0.29, 0.717) is 0 Å². The standard InChI is InChI=1S/C15H17NO/c1-12-9-10-16-15(11-17)14(12)8-7-13-5-3-2-4-6-13/h2-6,9-10,17H,7-8,11H2,1H3. The van der Waals surface area contributed by atoms with Crippen molar-refractivity contribution >= 4 is 0 Å². The SMILES string of the molecule is Cc1ccnc(CO)c1CCc1ccccc1. The Morgan fingerprint density at radius 1 is 1.06 bits per heavy atom. The van der Waals surface area contributed by atoms with E-state index < -0.39 is 0 Å². The number of aliphatic hydroxyl groups is 1. The maximum Gasteiger partial charge on any atom is 0.0855 e. The lowest BCUT2D eigenvalue weighted by molar-refractivity contribution is 0.275. The van der Waals surface area contributed by atoms with E-state index in [1.807, 2.05) is 12.1 Å². The molecule has 0 aliphatic rings. The minimum absolute atomic E-state index is 0.0196. The molecule has 0 unspecified atom stereocenters. The molecule has 0 spiro atoms. The van der Waals surface area contributed by atoms with Crippen LogP contribution in [-0.2, 0) is 19.4 Å². The number of hydrogen-bond acceptors (Lipinski definition) is 2. The molecule has 88 valence electrons. The molecule has 0 bridgehead atoms. The second-order valence-corrected chi connectivity index (χ2v) is 4.20. The second-order valence-electron chi connectivity index (χ2n) is 4.20. The number of rotatable bonds is 4. The fourth-order valence-electron chi connectivity index (χ4n) is 2.04. The van der Waals surface area contributed by atoms with Crippen molar-refractivity contribution in [3.05, 3.63) is 65.0 Å². The Morgan fingerprint density at radius 2 is 1.82 bits per heavy atom. The molecular formula is C15H17NO. The Hall–Kier alpha value is -1.67. The lowest BCUT2D eigenvalue weighted by atomic mass is 9.99. The minimum atomic E-state index is 0.0196. The monoisotopic (exact) mass is 227 g/mol. The Bertz CT molecular complexity index is 480. The highest BCUT2D eigenvalue weighted by atomic mass is 16.3. The van der Waals surface area contributed by atoms with Crippen LogP contribution in [-0.4, -0.2) is 10.1 Å². The number of aliphatic hydroxyl groups excluding tert-OH is 1. The quantitative estimate of drug-likeness (QED) is 0.871. The molecule has 0 aliphatic heterocycles. The molecule has 0 saturated carbocycles. The number of benzene rings is 1. The summed E-state index contributed by atoms with van der Waals surface area (Å²) in [6.07, 6.45) is 3.67. The van der Waals surface area contributed by atoms with Crippen molar-refractivity contribution in [2.45, 2.75) is 26.4 Å². The van der Waals surface area contributed by atoms with Crippen molar-refractivity contribution in [2.24, 2.45) is 0 Å². The van der Waals surface area contributed by atoms with Gasteiger partial charge >= 0.3 is 0 Å². The Labute approximate surface area is 102 Å². The van der Waals surface area contributed by atoms with E-state index >= 15 is 0 Å². The highest BCUT2D eigenvalue weighted by molar-refractivity contribution is 5.30. The van der Waals surface area contributed by atoms with Crippen molar-refractivity contribution in [3.63, 3.8) is 0 Å². The van der Waals surface area contributed by atoms with Crippen molar-refractivity contribution in [2.75, 3.05) is 0 Å². The molecular weight excluding hydrogens is 210 g/mol. The zero-order valence-electron chi connectivity index (χ0n) is 10.1. The van der Waals surface area contributed by atoms with Gasteiger partial charge in [-0.1, -0.05) is 30.3 Å². The van der Waals surface area contributed by atoms with Gasteiger partial charge < -0.3 is 5.11 Å². The zero-order valence-corrected chi connectivity index (χ0v) is 10.1. The van der Waals surface area contributed by atoms with E-state index in [4.69, 9.17) is 0 Å². The first-order valence-electron chi connectivity index (χ1n) is 5.89. The van der Waals surface area contributed by atoms with Crippen molar-refractivity contribution in [3.8, 4) is 0 Å². The van der Waals surface area contributed by atoms with Crippen molar-refractivity contribution in [1.82, 2.24) is 4.98 Å². The van der Waals surface area contributed by atoms with Crippen LogP contribution >= 0.6 is 0 Å². The van der Waals surface area contributed by atoms with E-state index in [9.17, 15) is 5.11 Å². The minimum Gasteiger partial charge on any atom is -0.390 e. The van der Waals surface area contributed by atoms with Gasteiger partial charge in [0.05, 0.1) is 12.3 Å². The summed E-state index contributed by atoms with van der Waals surface area (Å²) < 4.78 is 0. The van der Waals surface area contributed by atoms with Crippen LogP contribution in [0.1, 0.15) is 22.4 Å². The van der Waals surface area contributed by atoms with Gasteiger partial charge in [0.1, 0.15) is 0 Å². The largest absolute Gasteiger partial charge is 0.390 e. The molecule has 1 N–H and O–H groups in total. The number of nitrogens with zero attached hydrogens (tertiary/aromatic N) is 1. The Kier molecular flexibility index (Phi) is 3.89. The fourth-order valence-corrected chi connectivity index (χ4v) is 2.04. The molecule has 0 amide bonds. The van der Waals surface area contributed by atoms with Crippen LogP contribution in [0.4, 0.5) is 0 Å². The Balaban J connectivity index is 2.14. The second kappa shape index (κ2) is 5.60. The molecule has 0 saturated heterocycles. The average Bonchev–Trinajstić information content (AvgIpc) is 2.38. The van der Waals surface area contributed by atoms with Crippen LogP contribution in [0, 0.1) is 6.92 Å². The first-order valence-corrected chi connectivity index (χ1v) is 5.89. The number of aryl methyl sites for hydroxylation is 2. The Morgan fingerprint density at radius 3 is 2.53 bits per heavy atom. The summed E-state index contributed by atoms with van der Waals surface area (Å²) in [5.41, 5.74) is 4.51. The maximum absolute atomic E-state index is 9.28. The predicted octanol–water partition coefficient (Wildman–Crippen LogP) is 2.67. The maximum atomic E-state index is 9.28. The summed E-state index contributed by atoms with van der Waals surface area (Å²) in [6.45, 7) is 2.09. The van der Waals surface area contributed by atoms with Gasteiger partial charge in [-0.15, -0.1) is 0 Å². The van der Waals surface area contributed by atoms with Crippen LogP contribution in [0.5, 0.6) is 0 Å². The summed E-state index contributed by atoms with van der Waals surface area (Å²) in [6, 6.07) is 12.4. The molecule has 2 rings (SSSR count). The third-order valence-electron chi connectivity index (χ3n) is 3.04. The normalized spacial score (nSPS) is 10.5. The van der Waals surface area contributed by atoms with E-state index in [1.54, 1.807) is 6.20 Å². The first kappa shape index (κ1) is 11.8. The highest BCUT2D eigenvalue weighted by Gasteiger charge is 2.06. The lowest BCUT2D eigenvalue weighted by Crippen LogP contribution is -2.02. The van der Waals surface area contributed by atoms with Gasteiger partial charge in [-0.2, -0.15) is 0 Å². The number of pyridine rings is 1. The van der Waals surface area contributed by atoms with E-state index in [1.165, 1.54) is 16.7 Å². The van der Waals surface area contributed by atoms with Crippen LogP contribution in [0.15, 0.2) is 42.6 Å². The first-order chi connectivity index (χ1) is 8.31. The third kappa shape index (κ3) is 2.92. The molecule has 17 heavy (non-hydrogen) atoms. The van der Waals surface area contributed by atoms with E-state index in [2.05, 4.69) is 36.2 Å². The van der Waals surface area contributed by atoms with Gasteiger partial charge in [0.2, 0.25) is 0 Å². The molecule has 0 atom stereocenters. The van der Waals surface area contributed by atoms with Crippen LogP contribution < -0.4 is 0 Å². The van der Waals surface area contributed by atoms with Gasteiger partial charge in [-0.25, -0.2) is 0 Å². The molecule has 2 nitrogen and oxygen atoms in total. The molecule has 0 fully saturated rings. The van der Waals surface area contributed by atoms with Gasteiger partial charge in [0.15, 0.2) is 0 Å². The average molecular weight is 227 g/mol.